The van der Waals surface area contributed by atoms with Gasteiger partial charge in [-0.15, -0.1) is 0 Å². The number of benzene rings is 2. The van der Waals surface area contributed by atoms with Gasteiger partial charge < -0.3 is 10.1 Å². The van der Waals surface area contributed by atoms with E-state index in [1.807, 2.05) is 12.1 Å². The number of hydrogen-bond donors (Lipinski definition) is 1. The van der Waals surface area contributed by atoms with Crippen LogP contribution in [0.4, 0.5) is 0 Å². The van der Waals surface area contributed by atoms with Gasteiger partial charge in [0.1, 0.15) is 5.75 Å². The third kappa shape index (κ3) is 3.97. The number of nitrogens with zero attached hydrogens (tertiary/aromatic N) is 1. The first-order chi connectivity index (χ1) is 12.1. The highest BCUT2D eigenvalue weighted by atomic mass is 35.5. The lowest BCUT2D eigenvalue weighted by molar-refractivity contribution is -0.120. The lowest BCUT2D eigenvalue weighted by Gasteiger charge is -2.18. The lowest BCUT2D eigenvalue weighted by atomic mass is 9.84. The van der Waals surface area contributed by atoms with Gasteiger partial charge in [0.2, 0.25) is 5.91 Å². The molecular formula is C19H16BClN2O2. The van der Waals surface area contributed by atoms with Crippen molar-refractivity contribution in [2.24, 2.45) is 0 Å². The normalized spacial score (nSPS) is 16.4. The van der Waals surface area contributed by atoms with E-state index in [2.05, 4.69) is 11.4 Å². The van der Waals surface area contributed by atoms with Gasteiger partial charge in [-0.05, 0) is 30.1 Å². The minimum Gasteiger partial charge on any atom is -0.491 e. The van der Waals surface area contributed by atoms with Crippen molar-refractivity contribution in [3.63, 3.8) is 0 Å². The molecule has 3 rings (SSSR count). The molecule has 2 radical (unpaired) electrons. The van der Waals surface area contributed by atoms with Crippen LogP contribution in [0.15, 0.2) is 42.5 Å². The van der Waals surface area contributed by atoms with Crippen molar-refractivity contribution in [3.8, 4) is 11.8 Å². The number of amides is 1. The molecule has 1 heterocycles. The largest absolute Gasteiger partial charge is 0.491 e. The molecule has 0 unspecified atom stereocenters. The molecule has 0 saturated carbocycles. The van der Waals surface area contributed by atoms with Crippen molar-refractivity contribution in [2.45, 2.75) is 24.7 Å². The number of halogens is 1. The topological polar surface area (TPSA) is 62.1 Å². The van der Waals surface area contributed by atoms with E-state index in [1.54, 1.807) is 30.3 Å². The molecule has 1 amide bonds. The van der Waals surface area contributed by atoms with Crippen LogP contribution in [0.2, 0.25) is 5.02 Å². The molecule has 0 spiro atoms. The minimum atomic E-state index is -0.500. The number of carbonyl (C=O) groups is 1. The second-order valence-corrected chi connectivity index (χ2v) is 6.43. The van der Waals surface area contributed by atoms with Crippen molar-refractivity contribution in [3.05, 3.63) is 64.2 Å². The molecule has 6 heteroatoms. The van der Waals surface area contributed by atoms with Gasteiger partial charge in [0.25, 0.3) is 0 Å². The van der Waals surface area contributed by atoms with E-state index >= 15 is 0 Å². The Morgan fingerprint density at radius 2 is 2.16 bits per heavy atom. The van der Waals surface area contributed by atoms with E-state index < -0.39 is 5.94 Å². The quantitative estimate of drug-likeness (QED) is 0.843. The summed E-state index contributed by atoms with van der Waals surface area (Å²) >= 11 is 6.12. The Hall–Kier alpha value is -2.45. The van der Waals surface area contributed by atoms with E-state index in [-0.39, 0.29) is 18.2 Å². The van der Waals surface area contributed by atoms with Gasteiger partial charge in [0.15, 0.2) is 0 Å². The number of nitrogens with one attached hydrogen (secondary N) is 1. The van der Waals surface area contributed by atoms with E-state index in [9.17, 15) is 4.79 Å². The summed E-state index contributed by atoms with van der Waals surface area (Å²) in [6, 6.07) is 14.8. The van der Waals surface area contributed by atoms with Crippen molar-refractivity contribution in [1.82, 2.24) is 5.32 Å². The van der Waals surface area contributed by atoms with Gasteiger partial charge in [-0.25, -0.2) is 0 Å². The molecule has 2 aromatic carbocycles. The second-order valence-electron chi connectivity index (χ2n) is 6.02. The fourth-order valence-electron chi connectivity index (χ4n) is 3.05. The zero-order valence-electron chi connectivity index (χ0n) is 13.5. The zero-order chi connectivity index (χ0) is 17.8. The summed E-state index contributed by atoms with van der Waals surface area (Å²) in [5, 5.41) is 12.5. The van der Waals surface area contributed by atoms with Gasteiger partial charge in [0, 0.05) is 11.5 Å². The Morgan fingerprint density at radius 3 is 2.96 bits per heavy atom. The van der Waals surface area contributed by atoms with Crippen LogP contribution in [-0.2, 0) is 11.2 Å². The molecular weight excluding hydrogens is 334 g/mol. The first-order valence-electron chi connectivity index (χ1n) is 8.02. The molecule has 4 nitrogen and oxygen atoms in total. The molecule has 0 fully saturated rings. The van der Waals surface area contributed by atoms with Gasteiger partial charge in [-0.3, -0.25) is 4.79 Å². The Bertz CT molecular complexity index is 834. The van der Waals surface area contributed by atoms with E-state index in [1.165, 1.54) is 0 Å². The molecule has 1 aliphatic rings. The van der Waals surface area contributed by atoms with Crippen molar-refractivity contribution < 1.29 is 9.53 Å². The maximum Gasteiger partial charge on any atom is 0.224 e. The second kappa shape index (κ2) is 7.63. The van der Waals surface area contributed by atoms with Gasteiger partial charge >= 0.3 is 0 Å². The highest BCUT2D eigenvalue weighted by Crippen LogP contribution is 2.40. The number of ether oxygens (including phenoxy) is 1. The smallest absolute Gasteiger partial charge is 0.224 e. The summed E-state index contributed by atoms with van der Waals surface area (Å²) in [5.41, 5.74) is 2.21. The van der Waals surface area contributed by atoms with Crippen LogP contribution in [0, 0.1) is 11.3 Å². The number of fused-ring (bicyclic) bond motifs is 1. The van der Waals surface area contributed by atoms with Crippen molar-refractivity contribution in [1.29, 1.82) is 5.26 Å². The third-order valence-electron chi connectivity index (χ3n) is 4.24. The Balaban J connectivity index is 1.59. The summed E-state index contributed by atoms with van der Waals surface area (Å²) in [7, 11) is 6.09. The van der Waals surface area contributed by atoms with Gasteiger partial charge in [0.05, 0.1) is 37.5 Å². The standard InChI is InChI=1S/C19H16BClN2O2/c20-17(8-14-11-25-19-15(14)6-3-7-16(19)21)23-18(24)9-12-4-1-2-5-13(12)10-22/h1-7,14,17H,8-9,11H2,(H,23,24)/t14-,17-/m0/s1. The summed E-state index contributed by atoms with van der Waals surface area (Å²) in [6.07, 6.45) is 0.681. The number of nitriles is 1. The summed E-state index contributed by atoms with van der Waals surface area (Å²) in [6.45, 7) is 0.500. The SMILES string of the molecule is [B][C@H](C[C@H]1COc2c(Cl)cccc21)NC(=O)Cc1ccccc1C#N. The molecule has 25 heavy (non-hydrogen) atoms. The Morgan fingerprint density at radius 1 is 1.36 bits per heavy atom. The zero-order valence-corrected chi connectivity index (χ0v) is 14.3. The number of hydrogen-bond acceptors (Lipinski definition) is 3. The molecule has 124 valence electrons. The average molecular weight is 351 g/mol. The minimum absolute atomic E-state index is 0.0930. The molecule has 2 aromatic rings. The summed E-state index contributed by atoms with van der Waals surface area (Å²) in [5.74, 6) is 0.0896. The van der Waals surface area contributed by atoms with Crippen LogP contribution in [0.25, 0.3) is 0 Å². The number of rotatable bonds is 5. The Kier molecular flexibility index (Phi) is 5.30. The summed E-state index contributed by atoms with van der Waals surface area (Å²) in [4.78, 5) is 12.2. The molecule has 2 atom stereocenters. The van der Waals surface area contributed by atoms with Crippen LogP contribution in [0.5, 0.6) is 5.75 Å². The van der Waals surface area contributed by atoms with Crippen molar-refractivity contribution in [2.75, 3.05) is 6.61 Å². The van der Waals surface area contributed by atoms with E-state index in [4.69, 9.17) is 29.4 Å². The molecule has 0 bridgehead atoms. The van der Waals surface area contributed by atoms with Crippen molar-refractivity contribution >= 4 is 25.4 Å². The van der Waals surface area contributed by atoms with Gasteiger partial charge in [-0.1, -0.05) is 41.9 Å². The highest BCUT2D eigenvalue weighted by molar-refractivity contribution is 6.32. The van der Waals surface area contributed by atoms with Crippen LogP contribution >= 0.6 is 11.6 Å². The number of carbonyl (C=O) groups excluding carboxylic acids is 1. The van der Waals surface area contributed by atoms with Crippen LogP contribution < -0.4 is 10.1 Å². The Labute approximate surface area is 153 Å². The molecule has 0 saturated heterocycles. The average Bonchev–Trinajstić information content (AvgIpc) is 2.99. The lowest BCUT2D eigenvalue weighted by Crippen LogP contribution is -2.37. The van der Waals surface area contributed by atoms with Crippen LogP contribution in [-0.4, -0.2) is 26.3 Å². The molecule has 1 N–H and O–H groups in total. The fourth-order valence-corrected chi connectivity index (χ4v) is 3.28. The fraction of sp³-hybridized carbons (Fsp3) is 0.263. The maximum absolute atomic E-state index is 12.2. The first-order valence-corrected chi connectivity index (χ1v) is 8.40. The number of para-hydroxylation sites is 1. The van der Waals surface area contributed by atoms with E-state index in [0.717, 1.165) is 5.56 Å². The predicted octanol–water partition coefficient (Wildman–Crippen LogP) is 2.93. The highest BCUT2D eigenvalue weighted by Gasteiger charge is 2.27. The molecule has 0 aromatic heterocycles. The van der Waals surface area contributed by atoms with Crippen LogP contribution in [0.3, 0.4) is 0 Å². The third-order valence-corrected chi connectivity index (χ3v) is 4.54. The van der Waals surface area contributed by atoms with E-state index in [0.29, 0.717) is 34.9 Å². The molecule has 1 aliphatic heterocycles. The monoisotopic (exact) mass is 350 g/mol. The van der Waals surface area contributed by atoms with Gasteiger partial charge in [-0.2, -0.15) is 5.26 Å². The molecule has 0 aliphatic carbocycles. The van der Waals surface area contributed by atoms with Crippen LogP contribution in [0.1, 0.15) is 29.0 Å². The summed E-state index contributed by atoms with van der Waals surface area (Å²) < 4.78 is 5.64. The first kappa shape index (κ1) is 17.4. The maximum atomic E-state index is 12.2. The predicted molar refractivity (Wildman–Crippen MR) is 96.9 cm³/mol.